The van der Waals surface area contributed by atoms with Crippen molar-refractivity contribution >= 4 is 11.9 Å². The topological polar surface area (TPSA) is 75.6 Å². The molecule has 0 heterocycles. The third-order valence-electron chi connectivity index (χ3n) is 2.72. The van der Waals surface area contributed by atoms with Crippen molar-refractivity contribution in [1.82, 2.24) is 5.32 Å². The molecule has 1 atom stereocenters. The highest BCUT2D eigenvalue weighted by atomic mass is 16.6. The van der Waals surface area contributed by atoms with Crippen LogP contribution < -0.4 is 5.32 Å². The molecule has 0 aromatic carbocycles. The lowest BCUT2D eigenvalue weighted by atomic mass is 9.80. The number of hydrogen-bond donors (Lipinski definition) is 2. The average Bonchev–Trinajstić information content (AvgIpc) is 2.08. The van der Waals surface area contributed by atoms with E-state index in [9.17, 15) is 9.59 Å². The number of ether oxygens (including phenoxy) is 1. The second kappa shape index (κ2) is 5.49. The first-order valence-corrected chi connectivity index (χ1v) is 5.97. The van der Waals surface area contributed by atoms with E-state index in [1.165, 1.54) is 0 Å². The predicted molar refractivity (Wildman–Crippen MR) is 62.6 cm³/mol. The molecule has 1 aliphatic rings. The third-order valence-corrected chi connectivity index (χ3v) is 2.72. The number of aliphatic hydroxyl groups is 1. The van der Waals surface area contributed by atoms with E-state index in [1.54, 1.807) is 20.8 Å². The van der Waals surface area contributed by atoms with Crippen LogP contribution in [0.5, 0.6) is 0 Å². The second-order valence-electron chi connectivity index (χ2n) is 5.41. The Balaban J connectivity index is 2.45. The number of alkyl carbamates (subject to hydrolysis) is 1. The Morgan fingerprint density at radius 1 is 1.41 bits per heavy atom. The molecular weight excluding hydrogens is 222 g/mol. The molecule has 1 aliphatic carbocycles. The van der Waals surface area contributed by atoms with Crippen LogP contribution in [-0.4, -0.2) is 35.2 Å². The molecule has 1 saturated carbocycles. The Kier molecular flexibility index (Phi) is 4.51. The van der Waals surface area contributed by atoms with Gasteiger partial charge in [0.2, 0.25) is 0 Å². The van der Waals surface area contributed by atoms with Crippen LogP contribution in [-0.2, 0) is 9.53 Å². The lowest BCUT2D eigenvalue weighted by Gasteiger charge is -2.28. The Bertz CT molecular complexity index is 291. The molecule has 1 rings (SSSR count). The Morgan fingerprint density at radius 3 is 2.35 bits per heavy atom. The van der Waals surface area contributed by atoms with E-state index in [-0.39, 0.29) is 18.3 Å². The van der Waals surface area contributed by atoms with Gasteiger partial charge in [-0.15, -0.1) is 0 Å². The molecule has 0 spiro atoms. The molecule has 0 aliphatic heterocycles. The highest BCUT2D eigenvalue weighted by molar-refractivity contribution is 5.89. The summed E-state index contributed by atoms with van der Waals surface area (Å²) in [6.45, 7) is 4.85. The first-order chi connectivity index (χ1) is 7.83. The van der Waals surface area contributed by atoms with Crippen LogP contribution >= 0.6 is 0 Å². The minimum atomic E-state index is -0.838. The van der Waals surface area contributed by atoms with Gasteiger partial charge in [-0.25, -0.2) is 4.79 Å². The van der Waals surface area contributed by atoms with Crippen LogP contribution in [0.2, 0.25) is 0 Å². The molecule has 1 amide bonds. The maximum atomic E-state index is 11.8. The lowest BCUT2D eigenvalue weighted by molar-refractivity contribution is -0.128. The zero-order valence-electron chi connectivity index (χ0n) is 10.7. The molecular formula is C12H21NO4. The van der Waals surface area contributed by atoms with E-state index >= 15 is 0 Å². The number of ketones is 1. The van der Waals surface area contributed by atoms with Gasteiger partial charge in [-0.1, -0.05) is 6.42 Å². The Hall–Kier alpha value is -1.10. The van der Waals surface area contributed by atoms with Gasteiger partial charge < -0.3 is 15.2 Å². The monoisotopic (exact) mass is 243 g/mol. The molecule has 2 N–H and O–H groups in total. The molecule has 0 aromatic heterocycles. The standard InChI is InChI=1S/C12H21NO4/c1-12(2,3)17-11(16)13-9(7-14)10(15)8-5-4-6-8/h8-9,14H,4-7H2,1-3H3,(H,13,16). The van der Waals surface area contributed by atoms with E-state index in [0.717, 1.165) is 19.3 Å². The van der Waals surface area contributed by atoms with Gasteiger partial charge >= 0.3 is 6.09 Å². The number of carbonyl (C=O) groups is 2. The number of amides is 1. The van der Waals surface area contributed by atoms with Crippen molar-refractivity contribution < 1.29 is 19.4 Å². The fourth-order valence-electron chi connectivity index (χ4n) is 1.63. The van der Waals surface area contributed by atoms with Gasteiger partial charge in [0.25, 0.3) is 0 Å². The third kappa shape index (κ3) is 4.34. The SMILES string of the molecule is CC(C)(C)OC(=O)NC(CO)C(=O)C1CCC1. The normalized spacial score (nSPS) is 18.1. The van der Waals surface area contributed by atoms with Crippen LogP contribution in [0, 0.1) is 5.92 Å². The molecule has 1 fully saturated rings. The molecule has 98 valence electrons. The van der Waals surface area contributed by atoms with Crippen molar-refractivity contribution in [2.75, 3.05) is 6.61 Å². The fraction of sp³-hybridized carbons (Fsp3) is 0.833. The summed E-state index contributed by atoms with van der Waals surface area (Å²) in [5.74, 6) is -0.105. The van der Waals surface area contributed by atoms with Crippen molar-refractivity contribution in [2.45, 2.75) is 51.7 Å². The molecule has 5 heteroatoms. The van der Waals surface area contributed by atoms with Crippen LogP contribution in [0.4, 0.5) is 4.79 Å². The van der Waals surface area contributed by atoms with Gasteiger partial charge in [0.15, 0.2) is 5.78 Å². The molecule has 0 aromatic rings. The zero-order valence-corrected chi connectivity index (χ0v) is 10.7. The minimum Gasteiger partial charge on any atom is -0.444 e. The van der Waals surface area contributed by atoms with Crippen LogP contribution in [0.15, 0.2) is 0 Å². The van der Waals surface area contributed by atoms with Gasteiger partial charge in [-0.2, -0.15) is 0 Å². The van der Waals surface area contributed by atoms with Crippen LogP contribution in [0.25, 0.3) is 0 Å². The van der Waals surface area contributed by atoms with E-state index in [4.69, 9.17) is 9.84 Å². The van der Waals surface area contributed by atoms with Crippen molar-refractivity contribution in [3.8, 4) is 0 Å². The lowest BCUT2D eigenvalue weighted by Crippen LogP contribution is -2.48. The summed E-state index contributed by atoms with van der Waals surface area (Å²) in [4.78, 5) is 23.3. The number of carbonyl (C=O) groups excluding carboxylic acids is 2. The summed E-state index contributed by atoms with van der Waals surface area (Å²) >= 11 is 0. The zero-order chi connectivity index (χ0) is 13.1. The first-order valence-electron chi connectivity index (χ1n) is 5.97. The summed E-state index contributed by atoms with van der Waals surface area (Å²) in [6, 6.07) is -0.838. The summed E-state index contributed by atoms with van der Waals surface area (Å²) in [5, 5.41) is 11.5. The van der Waals surface area contributed by atoms with Crippen molar-refractivity contribution in [3.05, 3.63) is 0 Å². The fourth-order valence-corrected chi connectivity index (χ4v) is 1.63. The van der Waals surface area contributed by atoms with E-state index in [1.807, 2.05) is 0 Å². The maximum absolute atomic E-state index is 11.8. The van der Waals surface area contributed by atoms with Gasteiger partial charge in [0, 0.05) is 5.92 Å². The van der Waals surface area contributed by atoms with Gasteiger partial charge in [-0.3, -0.25) is 4.79 Å². The largest absolute Gasteiger partial charge is 0.444 e. The molecule has 0 radical (unpaired) electrons. The van der Waals surface area contributed by atoms with E-state index in [2.05, 4.69) is 5.32 Å². The minimum absolute atomic E-state index is 0.0120. The van der Waals surface area contributed by atoms with Gasteiger partial charge in [0.1, 0.15) is 11.6 Å². The molecule has 5 nitrogen and oxygen atoms in total. The average molecular weight is 243 g/mol. The molecule has 0 bridgehead atoms. The molecule has 0 saturated heterocycles. The van der Waals surface area contributed by atoms with Crippen molar-refractivity contribution in [1.29, 1.82) is 0 Å². The van der Waals surface area contributed by atoms with E-state index < -0.39 is 17.7 Å². The Labute approximate surface area is 102 Å². The maximum Gasteiger partial charge on any atom is 0.408 e. The smallest absolute Gasteiger partial charge is 0.408 e. The summed E-state index contributed by atoms with van der Waals surface area (Å²) in [7, 11) is 0. The predicted octanol–water partition coefficient (Wildman–Crippen LogP) is 1.24. The number of nitrogens with one attached hydrogen (secondary N) is 1. The molecule has 17 heavy (non-hydrogen) atoms. The van der Waals surface area contributed by atoms with Gasteiger partial charge in [-0.05, 0) is 33.6 Å². The number of Topliss-reactive ketones (excluding diaryl/α,β-unsaturated/α-hetero) is 1. The highest BCUT2D eigenvalue weighted by Gasteiger charge is 2.32. The summed E-state index contributed by atoms with van der Waals surface area (Å²) in [6.07, 6.45) is 2.08. The number of hydrogen-bond acceptors (Lipinski definition) is 4. The quantitative estimate of drug-likeness (QED) is 0.779. The Morgan fingerprint density at radius 2 is 2.00 bits per heavy atom. The molecule has 1 unspecified atom stereocenters. The summed E-state index contributed by atoms with van der Waals surface area (Å²) in [5.41, 5.74) is -0.608. The van der Waals surface area contributed by atoms with E-state index in [0.29, 0.717) is 0 Å². The first kappa shape index (κ1) is 14.0. The number of aliphatic hydroxyl groups excluding tert-OH is 1. The van der Waals surface area contributed by atoms with Crippen molar-refractivity contribution in [3.63, 3.8) is 0 Å². The summed E-state index contributed by atoms with van der Waals surface area (Å²) < 4.78 is 5.04. The number of rotatable bonds is 4. The van der Waals surface area contributed by atoms with Crippen LogP contribution in [0.1, 0.15) is 40.0 Å². The van der Waals surface area contributed by atoms with Crippen LogP contribution in [0.3, 0.4) is 0 Å². The highest BCUT2D eigenvalue weighted by Crippen LogP contribution is 2.28. The van der Waals surface area contributed by atoms with Crippen molar-refractivity contribution in [2.24, 2.45) is 5.92 Å². The van der Waals surface area contributed by atoms with Gasteiger partial charge in [0.05, 0.1) is 6.61 Å². The second-order valence-corrected chi connectivity index (χ2v) is 5.41.